The smallest absolute Gasteiger partial charge is 0.251 e. The molecule has 0 unspecified atom stereocenters. The summed E-state index contributed by atoms with van der Waals surface area (Å²) in [5.74, 6) is 1.20. The van der Waals surface area contributed by atoms with Crippen LogP contribution in [0.25, 0.3) is 11.5 Å². The number of benzene rings is 2. The Hall–Kier alpha value is -2.86. The molecule has 3 rings (SSSR count). The third kappa shape index (κ3) is 4.36. The molecule has 0 bridgehead atoms. The zero-order valence-corrected chi connectivity index (χ0v) is 14.3. The van der Waals surface area contributed by atoms with E-state index in [1.54, 1.807) is 18.2 Å². The first-order chi connectivity index (χ1) is 12.2. The van der Waals surface area contributed by atoms with Crippen LogP contribution >= 0.6 is 11.6 Å². The van der Waals surface area contributed by atoms with E-state index in [2.05, 4.69) is 15.5 Å². The predicted molar refractivity (Wildman–Crippen MR) is 93.8 cm³/mol. The van der Waals surface area contributed by atoms with Crippen molar-refractivity contribution in [3.8, 4) is 17.2 Å². The summed E-state index contributed by atoms with van der Waals surface area (Å²) < 4.78 is 10.7. The summed E-state index contributed by atoms with van der Waals surface area (Å²) >= 11 is 5.97. The lowest BCUT2D eigenvalue weighted by Gasteiger charge is -2.06. The molecule has 25 heavy (non-hydrogen) atoms. The highest BCUT2D eigenvalue weighted by atomic mass is 35.5. The average molecular weight is 358 g/mol. The van der Waals surface area contributed by atoms with Crippen molar-refractivity contribution in [3.05, 3.63) is 65.0 Å². The first-order valence-electron chi connectivity index (χ1n) is 7.66. The summed E-state index contributed by atoms with van der Waals surface area (Å²) in [7, 11) is 1.52. The molecule has 7 heteroatoms. The predicted octanol–water partition coefficient (Wildman–Crippen LogP) is 3.37. The Kier molecular flexibility index (Phi) is 5.30. The van der Waals surface area contributed by atoms with Crippen LogP contribution < -0.4 is 10.1 Å². The van der Waals surface area contributed by atoms with Crippen LogP contribution in [0.5, 0.6) is 5.75 Å². The number of carbonyl (C=O) groups excluding carboxylic acids is 1. The van der Waals surface area contributed by atoms with Gasteiger partial charge in [0, 0.05) is 29.1 Å². The Morgan fingerprint density at radius 3 is 2.76 bits per heavy atom. The number of aromatic nitrogens is 2. The van der Waals surface area contributed by atoms with Crippen molar-refractivity contribution < 1.29 is 13.9 Å². The number of amides is 1. The molecule has 1 N–H and O–H groups in total. The second-order valence-electron chi connectivity index (χ2n) is 5.25. The molecule has 6 nitrogen and oxygen atoms in total. The maximum absolute atomic E-state index is 12.2. The summed E-state index contributed by atoms with van der Waals surface area (Å²) in [4.78, 5) is 12.2. The summed E-state index contributed by atoms with van der Waals surface area (Å²) in [5, 5.41) is 11.2. The number of rotatable bonds is 6. The van der Waals surface area contributed by atoms with Crippen molar-refractivity contribution in [2.24, 2.45) is 0 Å². The number of halogens is 1. The largest absolute Gasteiger partial charge is 0.497 e. The van der Waals surface area contributed by atoms with Crippen LogP contribution in [0.4, 0.5) is 0 Å². The lowest BCUT2D eigenvalue weighted by molar-refractivity contribution is 0.0953. The van der Waals surface area contributed by atoms with Crippen LogP contribution in [-0.2, 0) is 6.42 Å². The van der Waals surface area contributed by atoms with Crippen molar-refractivity contribution in [3.63, 3.8) is 0 Å². The maximum atomic E-state index is 12.2. The quantitative estimate of drug-likeness (QED) is 0.731. The van der Waals surface area contributed by atoms with Crippen molar-refractivity contribution in [1.82, 2.24) is 15.5 Å². The van der Waals surface area contributed by atoms with E-state index in [0.29, 0.717) is 41.1 Å². The number of carbonyl (C=O) groups is 1. The molecule has 1 heterocycles. The monoisotopic (exact) mass is 357 g/mol. The average Bonchev–Trinajstić information content (AvgIpc) is 3.10. The van der Waals surface area contributed by atoms with Gasteiger partial charge in [-0.15, -0.1) is 10.2 Å². The molecule has 128 valence electrons. The minimum Gasteiger partial charge on any atom is -0.497 e. The van der Waals surface area contributed by atoms with Crippen LogP contribution in [0.2, 0.25) is 5.02 Å². The zero-order chi connectivity index (χ0) is 17.6. The first kappa shape index (κ1) is 17.0. The Morgan fingerprint density at radius 2 is 2.00 bits per heavy atom. The molecular formula is C18H16ClN3O3. The molecule has 0 aliphatic carbocycles. The summed E-state index contributed by atoms with van der Waals surface area (Å²) in [6.45, 7) is 0.365. The zero-order valence-electron chi connectivity index (χ0n) is 13.5. The fraction of sp³-hybridized carbons (Fsp3) is 0.167. The second kappa shape index (κ2) is 7.81. The van der Waals surface area contributed by atoms with Crippen molar-refractivity contribution >= 4 is 17.5 Å². The fourth-order valence-electron chi connectivity index (χ4n) is 2.25. The van der Waals surface area contributed by atoms with Crippen LogP contribution in [-0.4, -0.2) is 29.8 Å². The van der Waals surface area contributed by atoms with Gasteiger partial charge in [0.05, 0.1) is 7.11 Å². The standard InChI is InChI=1S/C18H16ClN3O3/c1-24-15-10-13(9-14(19)11-15)17(23)20-8-7-16-21-22-18(25-16)12-5-3-2-4-6-12/h2-6,9-11H,7-8H2,1H3,(H,20,23). The van der Waals surface area contributed by atoms with E-state index in [-0.39, 0.29) is 5.91 Å². The van der Waals surface area contributed by atoms with Gasteiger partial charge in [-0.1, -0.05) is 29.8 Å². The van der Waals surface area contributed by atoms with Crippen LogP contribution in [0.1, 0.15) is 16.2 Å². The lowest BCUT2D eigenvalue weighted by Crippen LogP contribution is -2.25. The number of ether oxygens (including phenoxy) is 1. The Labute approximate surface area is 149 Å². The minimum atomic E-state index is -0.247. The molecule has 3 aromatic rings. The van der Waals surface area contributed by atoms with Crippen LogP contribution in [0.15, 0.2) is 52.9 Å². The van der Waals surface area contributed by atoms with Gasteiger partial charge >= 0.3 is 0 Å². The third-order valence-corrected chi connectivity index (χ3v) is 3.70. The van der Waals surface area contributed by atoms with Gasteiger partial charge in [0.25, 0.3) is 5.91 Å². The number of nitrogens with one attached hydrogen (secondary N) is 1. The normalized spacial score (nSPS) is 10.5. The van der Waals surface area contributed by atoms with Crippen molar-refractivity contribution in [2.45, 2.75) is 6.42 Å². The van der Waals surface area contributed by atoms with Gasteiger partial charge < -0.3 is 14.5 Å². The van der Waals surface area contributed by atoms with E-state index in [4.69, 9.17) is 20.8 Å². The molecule has 1 amide bonds. The molecule has 0 saturated heterocycles. The molecule has 0 atom stereocenters. The summed E-state index contributed by atoms with van der Waals surface area (Å²) in [5.41, 5.74) is 1.29. The van der Waals surface area contributed by atoms with Gasteiger partial charge in [-0.05, 0) is 30.3 Å². The van der Waals surface area contributed by atoms with E-state index in [1.165, 1.54) is 7.11 Å². The van der Waals surface area contributed by atoms with Gasteiger partial charge in [-0.2, -0.15) is 0 Å². The van der Waals surface area contributed by atoms with Gasteiger partial charge in [-0.25, -0.2) is 0 Å². The minimum absolute atomic E-state index is 0.247. The maximum Gasteiger partial charge on any atom is 0.251 e. The van der Waals surface area contributed by atoms with Crippen LogP contribution in [0.3, 0.4) is 0 Å². The number of hydrogen-bond acceptors (Lipinski definition) is 5. The first-order valence-corrected chi connectivity index (χ1v) is 8.04. The lowest BCUT2D eigenvalue weighted by atomic mass is 10.2. The van der Waals surface area contributed by atoms with E-state index in [0.717, 1.165) is 5.56 Å². The molecular weight excluding hydrogens is 342 g/mol. The third-order valence-electron chi connectivity index (χ3n) is 3.48. The van der Waals surface area contributed by atoms with E-state index in [9.17, 15) is 4.79 Å². The molecule has 0 radical (unpaired) electrons. The number of nitrogens with zero attached hydrogens (tertiary/aromatic N) is 2. The highest BCUT2D eigenvalue weighted by Crippen LogP contribution is 2.21. The molecule has 0 aliphatic heterocycles. The molecule has 2 aromatic carbocycles. The van der Waals surface area contributed by atoms with E-state index >= 15 is 0 Å². The number of methoxy groups -OCH3 is 1. The second-order valence-corrected chi connectivity index (χ2v) is 5.69. The van der Waals surface area contributed by atoms with Gasteiger partial charge in [0.1, 0.15) is 5.75 Å². The Morgan fingerprint density at radius 1 is 1.20 bits per heavy atom. The Bertz CT molecular complexity index is 865. The molecule has 1 aromatic heterocycles. The van der Waals surface area contributed by atoms with Crippen molar-refractivity contribution in [2.75, 3.05) is 13.7 Å². The van der Waals surface area contributed by atoms with Gasteiger partial charge in [-0.3, -0.25) is 4.79 Å². The topological polar surface area (TPSA) is 77.2 Å². The van der Waals surface area contributed by atoms with Gasteiger partial charge in [0.15, 0.2) is 0 Å². The highest BCUT2D eigenvalue weighted by Gasteiger charge is 2.11. The SMILES string of the molecule is COc1cc(Cl)cc(C(=O)NCCc2nnc(-c3ccccc3)o2)c1. The molecule has 0 saturated carbocycles. The van der Waals surface area contributed by atoms with Crippen LogP contribution in [0, 0.1) is 0 Å². The van der Waals surface area contributed by atoms with Crippen molar-refractivity contribution in [1.29, 1.82) is 0 Å². The van der Waals surface area contributed by atoms with E-state index in [1.807, 2.05) is 30.3 Å². The number of hydrogen-bond donors (Lipinski definition) is 1. The highest BCUT2D eigenvalue weighted by molar-refractivity contribution is 6.31. The fourth-order valence-corrected chi connectivity index (χ4v) is 2.47. The summed E-state index contributed by atoms with van der Waals surface area (Å²) in [6.07, 6.45) is 0.434. The molecule has 0 spiro atoms. The van der Waals surface area contributed by atoms with E-state index < -0.39 is 0 Å². The Balaban J connectivity index is 1.57. The molecule has 0 aliphatic rings. The summed E-state index contributed by atoms with van der Waals surface area (Å²) in [6, 6.07) is 14.4. The van der Waals surface area contributed by atoms with Gasteiger partial charge in [0.2, 0.25) is 11.8 Å². The molecule has 0 fully saturated rings.